The van der Waals surface area contributed by atoms with Gasteiger partial charge in [0.25, 0.3) is 10.0 Å². The average Bonchev–Trinajstić information content (AvgIpc) is 2.79. The van der Waals surface area contributed by atoms with Gasteiger partial charge >= 0.3 is 6.18 Å². The molecule has 34 heavy (non-hydrogen) atoms. The summed E-state index contributed by atoms with van der Waals surface area (Å²) in [4.78, 5) is 12.4. The Bertz CT molecular complexity index is 1250. The van der Waals surface area contributed by atoms with Gasteiger partial charge in [-0.15, -0.1) is 0 Å². The minimum atomic E-state index is -4.81. The summed E-state index contributed by atoms with van der Waals surface area (Å²) in [7, 11) is -4.36. The molecule has 0 aliphatic rings. The van der Waals surface area contributed by atoms with E-state index in [1.54, 1.807) is 30.3 Å². The molecule has 0 spiro atoms. The smallest absolute Gasteiger partial charge is 0.354 e. The second kappa shape index (κ2) is 10.7. The zero-order valence-electron chi connectivity index (χ0n) is 17.5. The number of halogens is 5. The molecule has 0 aliphatic heterocycles. The number of carbonyl (C=O) groups is 1. The molecule has 0 bridgehead atoms. The number of carbonyl (C=O) groups excluding carboxylic acids is 1. The van der Waals surface area contributed by atoms with Gasteiger partial charge in [-0.3, -0.25) is 9.10 Å². The first-order valence-electron chi connectivity index (χ1n) is 9.94. The van der Waals surface area contributed by atoms with Gasteiger partial charge < -0.3 is 5.32 Å². The van der Waals surface area contributed by atoms with E-state index in [0.717, 1.165) is 17.7 Å². The summed E-state index contributed by atoms with van der Waals surface area (Å²) in [5.74, 6) is -0.683. The molecule has 0 aromatic heterocycles. The topological polar surface area (TPSA) is 66.5 Å². The van der Waals surface area contributed by atoms with Gasteiger partial charge in [-0.2, -0.15) is 13.2 Å². The Morgan fingerprint density at radius 2 is 1.59 bits per heavy atom. The van der Waals surface area contributed by atoms with Crippen molar-refractivity contribution in [1.29, 1.82) is 0 Å². The number of anilines is 1. The number of nitrogens with one attached hydrogen (secondary N) is 1. The number of amides is 1. The van der Waals surface area contributed by atoms with E-state index < -0.39 is 39.2 Å². The molecule has 3 aromatic rings. The van der Waals surface area contributed by atoms with Crippen LogP contribution in [0.5, 0.6) is 0 Å². The van der Waals surface area contributed by atoms with Gasteiger partial charge in [0.2, 0.25) is 5.91 Å². The van der Waals surface area contributed by atoms with Crippen LogP contribution in [-0.4, -0.2) is 27.4 Å². The largest absolute Gasteiger partial charge is 0.417 e. The zero-order chi connectivity index (χ0) is 24.9. The van der Waals surface area contributed by atoms with E-state index >= 15 is 0 Å². The third-order valence-corrected chi connectivity index (χ3v) is 7.18. The number of nitrogens with zero attached hydrogens (tertiary/aromatic N) is 1. The van der Waals surface area contributed by atoms with E-state index in [1.165, 1.54) is 24.3 Å². The minimum Gasteiger partial charge on any atom is -0.354 e. The quantitative estimate of drug-likeness (QED) is 0.414. The Morgan fingerprint density at radius 3 is 2.21 bits per heavy atom. The first kappa shape index (κ1) is 25.9. The molecule has 180 valence electrons. The lowest BCUT2D eigenvalue weighted by Crippen LogP contribution is -2.41. The number of benzene rings is 3. The molecule has 3 aromatic carbocycles. The number of hydrogen-bond donors (Lipinski definition) is 1. The van der Waals surface area contributed by atoms with Crippen LogP contribution in [0.3, 0.4) is 0 Å². The Labute approximate surface area is 205 Å². The minimum absolute atomic E-state index is 0.174. The van der Waals surface area contributed by atoms with Crippen LogP contribution in [0.2, 0.25) is 10.0 Å². The maximum absolute atomic E-state index is 13.4. The average molecular weight is 531 g/mol. The van der Waals surface area contributed by atoms with Crippen LogP contribution >= 0.6 is 23.2 Å². The van der Waals surface area contributed by atoms with E-state index in [-0.39, 0.29) is 17.1 Å². The molecule has 0 radical (unpaired) electrons. The molecule has 0 heterocycles. The molecular weight excluding hydrogens is 512 g/mol. The molecule has 11 heteroatoms. The Hall–Kier alpha value is -2.75. The van der Waals surface area contributed by atoms with Crippen molar-refractivity contribution in [2.24, 2.45) is 0 Å². The van der Waals surface area contributed by atoms with Gasteiger partial charge in [-0.1, -0.05) is 53.5 Å². The maximum Gasteiger partial charge on any atom is 0.417 e. The molecule has 0 fully saturated rings. The first-order valence-corrected chi connectivity index (χ1v) is 12.1. The van der Waals surface area contributed by atoms with Gasteiger partial charge in [0.15, 0.2) is 0 Å². The molecule has 5 nitrogen and oxygen atoms in total. The van der Waals surface area contributed by atoms with Crippen LogP contribution in [-0.2, 0) is 27.4 Å². The van der Waals surface area contributed by atoms with E-state index in [0.29, 0.717) is 21.8 Å². The standard InChI is InChI=1S/C23H19Cl2F3N2O3S/c24-17-8-6-16(7-9-17)12-13-29-22(31)15-30(34(32,33)19-4-2-1-3-5-19)18-10-11-21(25)20(14-18)23(26,27)28/h1-11,14H,12-13,15H2,(H,29,31). The lowest BCUT2D eigenvalue weighted by molar-refractivity contribution is -0.137. The zero-order valence-corrected chi connectivity index (χ0v) is 19.8. The van der Waals surface area contributed by atoms with Crippen LogP contribution in [0, 0.1) is 0 Å². The Balaban J connectivity index is 1.87. The van der Waals surface area contributed by atoms with Crippen LogP contribution in [0.15, 0.2) is 77.7 Å². The van der Waals surface area contributed by atoms with Crippen LogP contribution in [0.4, 0.5) is 18.9 Å². The van der Waals surface area contributed by atoms with E-state index in [9.17, 15) is 26.4 Å². The molecule has 0 unspecified atom stereocenters. The highest BCUT2D eigenvalue weighted by molar-refractivity contribution is 7.92. The van der Waals surface area contributed by atoms with Crippen LogP contribution in [0.1, 0.15) is 11.1 Å². The van der Waals surface area contributed by atoms with Crippen molar-refractivity contribution in [2.45, 2.75) is 17.5 Å². The Kier molecular flexibility index (Phi) is 8.12. The van der Waals surface area contributed by atoms with E-state index in [1.807, 2.05) is 0 Å². The number of sulfonamides is 1. The first-order chi connectivity index (χ1) is 16.0. The summed E-state index contributed by atoms with van der Waals surface area (Å²) < 4.78 is 67.3. The van der Waals surface area contributed by atoms with Crippen molar-refractivity contribution in [3.8, 4) is 0 Å². The summed E-state index contributed by atoms with van der Waals surface area (Å²) in [6.07, 6.45) is -4.36. The van der Waals surface area contributed by atoms with Gasteiger partial charge in [-0.25, -0.2) is 8.42 Å². The second-order valence-electron chi connectivity index (χ2n) is 7.21. The molecule has 1 amide bonds. The van der Waals surface area contributed by atoms with E-state index in [2.05, 4.69) is 5.32 Å². The molecule has 1 N–H and O–H groups in total. The molecule has 0 aliphatic carbocycles. The van der Waals surface area contributed by atoms with Gasteiger partial charge in [0.1, 0.15) is 6.54 Å². The molecule has 0 saturated carbocycles. The molecule has 3 rings (SSSR count). The number of alkyl halides is 3. The van der Waals surface area contributed by atoms with Crippen molar-refractivity contribution >= 4 is 44.8 Å². The fraction of sp³-hybridized carbons (Fsp3) is 0.174. The van der Waals surface area contributed by atoms with Crippen molar-refractivity contribution in [3.63, 3.8) is 0 Å². The second-order valence-corrected chi connectivity index (χ2v) is 9.92. The fourth-order valence-electron chi connectivity index (χ4n) is 3.10. The van der Waals surface area contributed by atoms with Gasteiger partial charge in [-0.05, 0) is 54.4 Å². The van der Waals surface area contributed by atoms with E-state index in [4.69, 9.17) is 23.2 Å². The summed E-state index contributed by atoms with van der Waals surface area (Å²) in [5.41, 5.74) is -0.650. The van der Waals surface area contributed by atoms with Crippen LogP contribution < -0.4 is 9.62 Å². The van der Waals surface area contributed by atoms with Crippen molar-refractivity contribution in [2.75, 3.05) is 17.4 Å². The molecule has 0 atom stereocenters. The van der Waals surface area contributed by atoms with Crippen molar-refractivity contribution in [1.82, 2.24) is 5.32 Å². The maximum atomic E-state index is 13.4. The van der Waals surface area contributed by atoms with Crippen molar-refractivity contribution < 1.29 is 26.4 Å². The van der Waals surface area contributed by atoms with Gasteiger partial charge in [0, 0.05) is 11.6 Å². The predicted octanol–water partition coefficient (Wildman–Crippen LogP) is 5.57. The molecular formula is C23H19Cl2F3N2O3S. The summed E-state index contributed by atoms with van der Waals surface area (Å²) in [5, 5.41) is 2.58. The number of rotatable bonds is 8. The summed E-state index contributed by atoms with van der Waals surface area (Å²) in [6, 6.07) is 16.8. The summed E-state index contributed by atoms with van der Waals surface area (Å²) >= 11 is 11.5. The lowest BCUT2D eigenvalue weighted by Gasteiger charge is -2.25. The Morgan fingerprint density at radius 1 is 0.941 bits per heavy atom. The molecule has 0 saturated heterocycles. The summed E-state index contributed by atoms with van der Waals surface area (Å²) in [6.45, 7) is -0.537. The van der Waals surface area contributed by atoms with Gasteiger partial charge in [0.05, 0.1) is 21.2 Å². The lowest BCUT2D eigenvalue weighted by atomic mass is 10.1. The third-order valence-electron chi connectivity index (χ3n) is 4.81. The number of hydrogen-bond acceptors (Lipinski definition) is 3. The third kappa shape index (κ3) is 6.43. The normalized spacial score (nSPS) is 11.8. The predicted molar refractivity (Wildman–Crippen MR) is 126 cm³/mol. The highest BCUT2D eigenvalue weighted by atomic mass is 35.5. The van der Waals surface area contributed by atoms with Crippen LogP contribution in [0.25, 0.3) is 0 Å². The SMILES string of the molecule is O=C(CN(c1ccc(Cl)c(C(F)(F)F)c1)S(=O)(=O)c1ccccc1)NCCc1ccc(Cl)cc1. The fourth-order valence-corrected chi connectivity index (χ4v) is 4.89. The van der Waals surface area contributed by atoms with Crippen molar-refractivity contribution in [3.05, 3.63) is 94.0 Å². The highest BCUT2D eigenvalue weighted by Crippen LogP contribution is 2.38. The highest BCUT2D eigenvalue weighted by Gasteiger charge is 2.35. The monoisotopic (exact) mass is 530 g/mol.